The molecule has 3 aromatic rings. The van der Waals surface area contributed by atoms with Crippen molar-refractivity contribution in [3.63, 3.8) is 0 Å². The van der Waals surface area contributed by atoms with Crippen LogP contribution in [-0.2, 0) is 0 Å². The Kier molecular flexibility index (Phi) is 4.84. The van der Waals surface area contributed by atoms with Crippen LogP contribution in [0.5, 0.6) is 11.5 Å². The predicted octanol–water partition coefficient (Wildman–Crippen LogP) is 4.03. The Bertz CT molecular complexity index is 872. The zero-order valence-corrected chi connectivity index (χ0v) is 14.5. The fraction of sp³-hybridized carbons (Fsp3) is 0.200. The monoisotopic (exact) mass is 336 g/mol. The molecule has 5 nitrogen and oxygen atoms in total. The van der Waals surface area contributed by atoms with Crippen molar-refractivity contribution in [1.82, 2.24) is 9.55 Å². The summed E-state index contributed by atoms with van der Waals surface area (Å²) in [6, 6.07) is 15.4. The van der Waals surface area contributed by atoms with E-state index >= 15 is 0 Å². The van der Waals surface area contributed by atoms with Crippen molar-refractivity contribution in [2.75, 3.05) is 7.11 Å². The van der Waals surface area contributed by atoms with E-state index in [0.717, 1.165) is 11.1 Å². The largest absolute Gasteiger partial charge is 0.493 e. The summed E-state index contributed by atoms with van der Waals surface area (Å²) in [6.45, 7) is 3.89. The fourth-order valence-electron chi connectivity index (χ4n) is 2.73. The number of aryl methyl sites for hydroxylation is 1. The van der Waals surface area contributed by atoms with E-state index in [4.69, 9.17) is 9.47 Å². The third kappa shape index (κ3) is 3.40. The lowest BCUT2D eigenvalue weighted by atomic mass is 10.1. The number of imidazole rings is 1. The highest BCUT2D eigenvalue weighted by atomic mass is 16.6. The van der Waals surface area contributed by atoms with Crippen LogP contribution in [0.1, 0.15) is 34.6 Å². The minimum Gasteiger partial charge on any atom is -0.493 e. The van der Waals surface area contributed by atoms with Gasteiger partial charge < -0.3 is 14.0 Å². The van der Waals surface area contributed by atoms with Gasteiger partial charge in [0, 0.05) is 0 Å². The van der Waals surface area contributed by atoms with Gasteiger partial charge in [0.2, 0.25) is 0 Å². The summed E-state index contributed by atoms with van der Waals surface area (Å²) in [5.41, 5.74) is 2.31. The lowest BCUT2D eigenvalue weighted by Gasteiger charge is -2.17. The molecule has 0 saturated carbocycles. The molecule has 1 aromatic heterocycles. The molecule has 0 aliphatic carbocycles. The number of hydrogen-bond acceptors (Lipinski definition) is 4. The molecule has 0 amide bonds. The number of nitrogens with zero attached hydrogens (tertiary/aromatic N) is 2. The lowest BCUT2D eigenvalue weighted by molar-refractivity contribution is 0.0716. The Morgan fingerprint density at radius 1 is 1.12 bits per heavy atom. The van der Waals surface area contributed by atoms with Gasteiger partial charge in [0.1, 0.15) is 5.69 Å². The molecule has 0 radical (unpaired) electrons. The van der Waals surface area contributed by atoms with E-state index < -0.39 is 5.97 Å². The van der Waals surface area contributed by atoms with Gasteiger partial charge in [-0.25, -0.2) is 9.78 Å². The van der Waals surface area contributed by atoms with E-state index in [1.165, 1.54) is 6.20 Å². The second-order valence-electron chi connectivity index (χ2n) is 5.77. The average Bonchev–Trinajstić information content (AvgIpc) is 3.13. The first-order chi connectivity index (χ1) is 12.1. The van der Waals surface area contributed by atoms with Crippen molar-refractivity contribution in [1.29, 1.82) is 0 Å². The van der Waals surface area contributed by atoms with Gasteiger partial charge in [-0.15, -0.1) is 0 Å². The van der Waals surface area contributed by atoms with Gasteiger partial charge >= 0.3 is 5.97 Å². The summed E-state index contributed by atoms with van der Waals surface area (Å²) >= 11 is 0. The highest BCUT2D eigenvalue weighted by Gasteiger charge is 2.21. The Morgan fingerprint density at radius 3 is 2.60 bits per heavy atom. The van der Waals surface area contributed by atoms with Crippen LogP contribution in [0.3, 0.4) is 0 Å². The maximum Gasteiger partial charge on any atom is 0.362 e. The van der Waals surface area contributed by atoms with Crippen LogP contribution in [0.4, 0.5) is 0 Å². The van der Waals surface area contributed by atoms with Gasteiger partial charge in [-0.2, -0.15) is 0 Å². The maximum absolute atomic E-state index is 12.7. The van der Waals surface area contributed by atoms with E-state index in [1.54, 1.807) is 19.5 Å². The molecule has 1 unspecified atom stereocenters. The van der Waals surface area contributed by atoms with Crippen LogP contribution in [0.2, 0.25) is 0 Å². The third-order valence-corrected chi connectivity index (χ3v) is 4.16. The quantitative estimate of drug-likeness (QED) is 0.521. The molecule has 128 valence electrons. The molecule has 25 heavy (non-hydrogen) atoms. The predicted molar refractivity (Wildman–Crippen MR) is 95.2 cm³/mol. The first kappa shape index (κ1) is 16.8. The van der Waals surface area contributed by atoms with Crippen LogP contribution in [0.25, 0.3) is 0 Å². The highest BCUT2D eigenvalue weighted by Crippen LogP contribution is 2.31. The van der Waals surface area contributed by atoms with Crippen molar-refractivity contribution in [2.24, 2.45) is 0 Å². The van der Waals surface area contributed by atoms with E-state index in [2.05, 4.69) is 4.98 Å². The molecule has 0 aliphatic rings. The molecule has 3 rings (SSSR count). The number of rotatable bonds is 5. The van der Waals surface area contributed by atoms with Crippen LogP contribution >= 0.6 is 0 Å². The van der Waals surface area contributed by atoms with Gasteiger partial charge in [-0.05, 0) is 31.0 Å². The van der Waals surface area contributed by atoms with Crippen molar-refractivity contribution >= 4 is 5.97 Å². The summed E-state index contributed by atoms with van der Waals surface area (Å²) in [4.78, 5) is 16.8. The summed E-state index contributed by atoms with van der Waals surface area (Å²) < 4.78 is 12.7. The van der Waals surface area contributed by atoms with Crippen LogP contribution < -0.4 is 9.47 Å². The van der Waals surface area contributed by atoms with Crippen molar-refractivity contribution in [2.45, 2.75) is 19.9 Å². The number of benzene rings is 2. The third-order valence-electron chi connectivity index (χ3n) is 4.16. The standard InChI is InChI=1S/C20H20N2O3/c1-14-8-7-11-18(24-3)19(14)25-20(23)17-12-21-13-22(17)15(2)16-9-5-4-6-10-16/h4-13,15H,1-3H3. The molecular formula is C20H20N2O3. The molecule has 0 N–H and O–H groups in total. The molecular weight excluding hydrogens is 316 g/mol. The zero-order chi connectivity index (χ0) is 17.8. The molecule has 2 aromatic carbocycles. The normalized spacial score (nSPS) is 11.8. The molecule has 0 bridgehead atoms. The molecule has 0 aliphatic heterocycles. The fourth-order valence-corrected chi connectivity index (χ4v) is 2.73. The topological polar surface area (TPSA) is 53.4 Å². The first-order valence-electron chi connectivity index (χ1n) is 8.04. The summed E-state index contributed by atoms with van der Waals surface area (Å²) in [5.74, 6) is 0.485. The Hall–Kier alpha value is -3.08. The van der Waals surface area contributed by atoms with Crippen molar-refractivity contribution in [3.8, 4) is 11.5 Å². The molecule has 0 fully saturated rings. The molecule has 1 atom stereocenters. The van der Waals surface area contributed by atoms with Gasteiger partial charge in [0.05, 0.1) is 25.7 Å². The summed E-state index contributed by atoms with van der Waals surface area (Å²) in [7, 11) is 1.55. The van der Waals surface area contributed by atoms with E-state index in [-0.39, 0.29) is 6.04 Å². The SMILES string of the molecule is COc1cccc(C)c1OC(=O)c1cncn1C(C)c1ccccc1. The number of ether oxygens (including phenoxy) is 2. The van der Waals surface area contributed by atoms with E-state index in [0.29, 0.717) is 17.2 Å². The number of aromatic nitrogens is 2. The second-order valence-corrected chi connectivity index (χ2v) is 5.77. The number of methoxy groups -OCH3 is 1. The number of carbonyl (C=O) groups excluding carboxylic acids is 1. The minimum atomic E-state index is -0.465. The minimum absolute atomic E-state index is 0.0370. The smallest absolute Gasteiger partial charge is 0.362 e. The first-order valence-corrected chi connectivity index (χ1v) is 8.04. The average molecular weight is 336 g/mol. The number of para-hydroxylation sites is 1. The van der Waals surface area contributed by atoms with Crippen LogP contribution in [0.15, 0.2) is 61.1 Å². The van der Waals surface area contributed by atoms with Gasteiger partial charge in [0.25, 0.3) is 0 Å². The molecule has 0 spiro atoms. The van der Waals surface area contributed by atoms with Gasteiger partial charge in [-0.1, -0.05) is 42.5 Å². The second kappa shape index (κ2) is 7.21. The maximum atomic E-state index is 12.7. The van der Waals surface area contributed by atoms with Gasteiger partial charge in [0.15, 0.2) is 11.5 Å². The van der Waals surface area contributed by atoms with Gasteiger partial charge in [-0.3, -0.25) is 0 Å². The van der Waals surface area contributed by atoms with Crippen molar-refractivity contribution in [3.05, 3.63) is 77.9 Å². The Balaban J connectivity index is 1.89. The summed E-state index contributed by atoms with van der Waals surface area (Å²) in [5, 5.41) is 0. The molecule has 0 saturated heterocycles. The van der Waals surface area contributed by atoms with Crippen LogP contribution in [-0.4, -0.2) is 22.6 Å². The zero-order valence-electron chi connectivity index (χ0n) is 14.5. The number of carbonyl (C=O) groups is 1. The lowest BCUT2D eigenvalue weighted by Crippen LogP contribution is -2.18. The number of esters is 1. The summed E-state index contributed by atoms with van der Waals surface area (Å²) in [6.07, 6.45) is 3.16. The van der Waals surface area contributed by atoms with Crippen molar-refractivity contribution < 1.29 is 14.3 Å². The highest BCUT2D eigenvalue weighted by molar-refractivity contribution is 5.89. The number of hydrogen-bond donors (Lipinski definition) is 0. The Labute approximate surface area is 146 Å². The molecule has 1 heterocycles. The van der Waals surface area contributed by atoms with Crippen LogP contribution in [0, 0.1) is 6.92 Å². The Morgan fingerprint density at radius 2 is 1.88 bits per heavy atom. The van der Waals surface area contributed by atoms with E-state index in [1.807, 2.05) is 60.9 Å². The molecule has 5 heteroatoms. The van der Waals surface area contributed by atoms with E-state index in [9.17, 15) is 4.79 Å².